The first-order chi connectivity index (χ1) is 32.5. The second kappa shape index (κ2) is 42.7. The van der Waals surface area contributed by atoms with E-state index < -0.39 is 69.6 Å². The van der Waals surface area contributed by atoms with E-state index in [4.69, 9.17) is 24.3 Å². The van der Waals surface area contributed by atoms with Crippen LogP contribution in [-0.2, 0) is 48.7 Å². The van der Waals surface area contributed by atoms with Crippen molar-refractivity contribution in [3.63, 3.8) is 0 Å². The largest absolute Gasteiger partial charge is 0.472 e. The van der Waals surface area contributed by atoms with Gasteiger partial charge in [0, 0.05) is 37.7 Å². The lowest BCUT2D eigenvalue weighted by atomic mass is 10.1. The molecule has 67 heavy (non-hydrogen) atoms. The summed E-state index contributed by atoms with van der Waals surface area (Å²) >= 11 is 0. The summed E-state index contributed by atoms with van der Waals surface area (Å²) in [6, 6.07) is -2.35. The van der Waals surface area contributed by atoms with Crippen LogP contribution in [0, 0.1) is 0 Å². The molecular weight excluding hydrogens is 878 g/mol. The molecule has 1 heterocycles. The van der Waals surface area contributed by atoms with Crippen molar-refractivity contribution in [2.24, 2.45) is 5.73 Å². The van der Waals surface area contributed by atoms with Crippen LogP contribution in [0.4, 0.5) is 0 Å². The molecule has 17 heteroatoms. The van der Waals surface area contributed by atoms with Gasteiger partial charge in [0.2, 0.25) is 11.8 Å². The van der Waals surface area contributed by atoms with Crippen LogP contribution in [0.25, 0.3) is 0 Å². The SMILES string of the molecule is CCCCCCCC/C=C\CCCCCCCC(=O)OCC(COP(=O)(O)OCCNC(=O)C(CO)NC(=O)C(N)Cc1cnc[nH]1)OC(=O)CCCCCCC/C=C\CCCCCCCC. The second-order valence-corrected chi connectivity index (χ2v) is 18.9. The number of esters is 2. The normalized spacial score (nSPS) is 13.9. The number of aromatic amines is 1. The summed E-state index contributed by atoms with van der Waals surface area (Å²) in [6.07, 6.45) is 40.8. The second-order valence-electron chi connectivity index (χ2n) is 17.5. The molecule has 4 unspecified atom stereocenters. The Morgan fingerprint density at radius 2 is 1.19 bits per heavy atom. The number of aromatic nitrogens is 2. The molecular formula is C50H90N5O11P. The van der Waals surface area contributed by atoms with Gasteiger partial charge in [0.15, 0.2) is 6.10 Å². The molecule has 7 N–H and O–H groups in total. The molecule has 0 radical (unpaired) electrons. The third-order valence-electron chi connectivity index (χ3n) is 11.2. The average Bonchev–Trinajstić information content (AvgIpc) is 3.83. The Labute approximate surface area is 402 Å². The number of carbonyl (C=O) groups is 4. The molecule has 1 aromatic rings. The topological polar surface area (TPSA) is 241 Å². The number of aliphatic hydroxyl groups is 1. The van der Waals surface area contributed by atoms with Gasteiger partial charge in [-0.05, 0) is 64.2 Å². The fourth-order valence-electron chi connectivity index (χ4n) is 7.17. The number of rotatable bonds is 46. The monoisotopic (exact) mass is 968 g/mol. The van der Waals surface area contributed by atoms with Crippen molar-refractivity contribution in [1.29, 1.82) is 0 Å². The highest BCUT2D eigenvalue weighted by molar-refractivity contribution is 7.47. The fraction of sp³-hybridized carbons (Fsp3) is 0.780. The number of aliphatic hydroxyl groups excluding tert-OH is 1. The summed E-state index contributed by atoms with van der Waals surface area (Å²) in [5.41, 5.74) is 6.52. The zero-order valence-corrected chi connectivity index (χ0v) is 42.2. The van der Waals surface area contributed by atoms with E-state index >= 15 is 0 Å². The van der Waals surface area contributed by atoms with Crippen LogP contribution < -0.4 is 16.4 Å². The first-order valence-electron chi connectivity index (χ1n) is 25.7. The maximum absolute atomic E-state index is 12.8. The standard InChI is InChI=1S/C50H90N5O11P/c1-3-5-7-9-11-13-15-17-19-21-23-25-27-29-31-33-47(57)63-40-44(66-48(58)34-32-30-28-26-24-22-20-18-16-14-12-10-8-6-4-2)41-65-67(61,62)64-36-35-53-50(60)46(39-56)55-49(59)45(51)37-43-38-52-42-54-43/h17-20,38,42,44-46,56H,3-16,21-37,39-41,51H2,1-2H3,(H,52,54)(H,53,60)(H,55,59)(H,61,62)/b19-17-,20-18-. The number of hydrogen-bond acceptors (Lipinski definition) is 12. The molecule has 0 spiro atoms. The number of unbranched alkanes of at least 4 members (excludes halogenated alkanes) is 22. The number of phosphoric acid groups is 1. The first kappa shape index (κ1) is 61.6. The van der Waals surface area contributed by atoms with Gasteiger partial charge < -0.3 is 40.8 Å². The summed E-state index contributed by atoms with van der Waals surface area (Å²) in [6.45, 7) is 2.04. The third kappa shape index (κ3) is 37.2. The summed E-state index contributed by atoms with van der Waals surface area (Å²) in [5, 5.41) is 14.4. The maximum atomic E-state index is 12.8. The molecule has 0 fully saturated rings. The van der Waals surface area contributed by atoms with E-state index in [1.54, 1.807) is 0 Å². The molecule has 0 aliphatic rings. The minimum atomic E-state index is -4.73. The van der Waals surface area contributed by atoms with Gasteiger partial charge in [0.25, 0.3) is 0 Å². The summed E-state index contributed by atoms with van der Waals surface area (Å²) in [5.74, 6) is -2.45. The number of nitrogens with one attached hydrogen (secondary N) is 3. The van der Waals surface area contributed by atoms with Crippen LogP contribution in [-0.4, -0.2) is 94.9 Å². The van der Waals surface area contributed by atoms with Crippen molar-refractivity contribution in [1.82, 2.24) is 20.6 Å². The van der Waals surface area contributed by atoms with E-state index in [9.17, 15) is 33.7 Å². The van der Waals surface area contributed by atoms with Gasteiger partial charge in [-0.3, -0.25) is 28.2 Å². The first-order valence-corrected chi connectivity index (χ1v) is 27.2. The number of amides is 2. The molecule has 386 valence electrons. The highest BCUT2D eigenvalue weighted by Crippen LogP contribution is 2.43. The van der Waals surface area contributed by atoms with Crippen LogP contribution in [0.2, 0.25) is 0 Å². The Morgan fingerprint density at radius 1 is 0.701 bits per heavy atom. The van der Waals surface area contributed by atoms with Gasteiger partial charge in [0.05, 0.1) is 32.2 Å². The van der Waals surface area contributed by atoms with Crippen molar-refractivity contribution >= 4 is 31.6 Å². The number of carbonyl (C=O) groups excluding carboxylic acids is 4. The Bertz CT molecular complexity index is 1500. The van der Waals surface area contributed by atoms with Crippen molar-refractivity contribution in [2.75, 3.05) is 33.0 Å². The lowest BCUT2D eigenvalue weighted by Gasteiger charge is -2.20. The van der Waals surface area contributed by atoms with E-state index in [2.05, 4.69) is 58.8 Å². The zero-order valence-electron chi connectivity index (χ0n) is 41.3. The van der Waals surface area contributed by atoms with E-state index in [-0.39, 0.29) is 32.4 Å². The van der Waals surface area contributed by atoms with Gasteiger partial charge in [-0.15, -0.1) is 0 Å². The molecule has 4 atom stereocenters. The van der Waals surface area contributed by atoms with Gasteiger partial charge in [0.1, 0.15) is 12.6 Å². The maximum Gasteiger partial charge on any atom is 0.472 e. The van der Waals surface area contributed by atoms with E-state index in [1.807, 2.05) is 0 Å². The predicted octanol–water partition coefficient (Wildman–Crippen LogP) is 9.54. The Kier molecular flexibility index (Phi) is 39.3. The minimum absolute atomic E-state index is 0.129. The van der Waals surface area contributed by atoms with Crippen molar-refractivity contribution in [3.05, 3.63) is 42.5 Å². The average molecular weight is 968 g/mol. The number of nitrogens with two attached hydrogens (primary N) is 1. The van der Waals surface area contributed by atoms with Crippen LogP contribution in [0.3, 0.4) is 0 Å². The number of ether oxygens (including phenoxy) is 2. The van der Waals surface area contributed by atoms with Crippen LogP contribution >= 0.6 is 7.82 Å². The lowest BCUT2D eigenvalue weighted by molar-refractivity contribution is -0.161. The predicted molar refractivity (Wildman–Crippen MR) is 264 cm³/mol. The number of H-pyrrole nitrogens is 1. The number of allylic oxidation sites excluding steroid dienone is 4. The summed E-state index contributed by atoms with van der Waals surface area (Å²) < 4.78 is 33.8. The van der Waals surface area contributed by atoms with Gasteiger partial charge in [-0.25, -0.2) is 9.55 Å². The highest BCUT2D eigenvalue weighted by atomic mass is 31.2. The molecule has 0 saturated carbocycles. The number of nitrogens with zero attached hydrogens (tertiary/aromatic N) is 1. The highest BCUT2D eigenvalue weighted by Gasteiger charge is 2.27. The van der Waals surface area contributed by atoms with Gasteiger partial charge >= 0.3 is 19.8 Å². The minimum Gasteiger partial charge on any atom is -0.462 e. The van der Waals surface area contributed by atoms with E-state index in [0.29, 0.717) is 18.5 Å². The van der Waals surface area contributed by atoms with Crippen molar-refractivity contribution in [3.8, 4) is 0 Å². The van der Waals surface area contributed by atoms with Crippen LogP contribution in [0.5, 0.6) is 0 Å². The molecule has 0 aliphatic heterocycles. The Morgan fingerprint density at radius 3 is 1.69 bits per heavy atom. The zero-order chi connectivity index (χ0) is 49.1. The molecule has 1 rings (SSSR count). The van der Waals surface area contributed by atoms with Gasteiger partial charge in [-0.2, -0.15) is 0 Å². The Hall–Kier alpha value is -3.40. The third-order valence-corrected chi connectivity index (χ3v) is 12.2. The molecule has 16 nitrogen and oxygen atoms in total. The quantitative estimate of drug-likeness (QED) is 0.0155. The number of hydrogen-bond donors (Lipinski definition) is 6. The smallest absolute Gasteiger partial charge is 0.462 e. The molecule has 2 amide bonds. The molecule has 1 aromatic heterocycles. The fourth-order valence-corrected chi connectivity index (χ4v) is 7.92. The number of imidazole rings is 1. The molecule has 0 saturated heterocycles. The Balaban J connectivity index is 2.49. The number of phosphoric ester groups is 1. The summed E-state index contributed by atoms with van der Waals surface area (Å²) in [7, 11) is -4.73. The molecule has 0 bridgehead atoms. The lowest BCUT2D eigenvalue weighted by Crippen LogP contribution is -2.54. The van der Waals surface area contributed by atoms with Crippen LogP contribution in [0.1, 0.15) is 199 Å². The van der Waals surface area contributed by atoms with Gasteiger partial charge in [-0.1, -0.05) is 141 Å². The van der Waals surface area contributed by atoms with Crippen molar-refractivity contribution < 1.29 is 52.3 Å². The van der Waals surface area contributed by atoms with Crippen LogP contribution in [0.15, 0.2) is 36.8 Å². The van der Waals surface area contributed by atoms with E-state index in [0.717, 1.165) is 77.0 Å². The summed E-state index contributed by atoms with van der Waals surface area (Å²) in [4.78, 5) is 67.6. The molecule has 0 aliphatic carbocycles. The molecule has 0 aromatic carbocycles. The van der Waals surface area contributed by atoms with Crippen molar-refractivity contribution in [2.45, 2.75) is 218 Å². The van der Waals surface area contributed by atoms with E-state index in [1.165, 1.54) is 89.6 Å².